The molecule has 472 valence electrons. The number of carbonyl (C=O) groups is 3. The Kier molecular flexibility index (Phi) is 67.6. The average Bonchev–Trinajstić information content (AvgIpc) is 3.46. The van der Waals surface area contributed by atoms with Crippen LogP contribution in [0.4, 0.5) is 0 Å². The van der Waals surface area contributed by atoms with Crippen molar-refractivity contribution in [2.75, 3.05) is 13.2 Å². The highest BCUT2D eigenvalue weighted by atomic mass is 16.6. The van der Waals surface area contributed by atoms with Crippen molar-refractivity contribution in [2.45, 2.75) is 419 Å². The number of carbonyl (C=O) groups excluding carboxylic acids is 3. The molecule has 0 saturated carbocycles. The molecular formula is C74H140O6. The third-order valence-electron chi connectivity index (χ3n) is 16.7. The molecule has 6 heteroatoms. The lowest BCUT2D eigenvalue weighted by atomic mass is 10.0. The SMILES string of the molecule is CCCCCCC/C=C\C/C=C\CCCCCCCCCCCC(=O)OC(COC(=O)CCCCCCCCCCCCCCCCCCC)COC(=O)CCCCCCCCCCCCCCCCCCCCCCCCCC. The molecule has 0 fully saturated rings. The van der Waals surface area contributed by atoms with E-state index < -0.39 is 6.10 Å². The van der Waals surface area contributed by atoms with E-state index in [0.29, 0.717) is 19.3 Å². The maximum atomic E-state index is 13.0. The fourth-order valence-corrected chi connectivity index (χ4v) is 11.2. The molecule has 0 bridgehead atoms. The highest BCUT2D eigenvalue weighted by Crippen LogP contribution is 2.19. The van der Waals surface area contributed by atoms with E-state index in [9.17, 15) is 14.4 Å². The zero-order valence-corrected chi connectivity index (χ0v) is 54.4. The fourth-order valence-electron chi connectivity index (χ4n) is 11.2. The smallest absolute Gasteiger partial charge is 0.306 e. The van der Waals surface area contributed by atoms with Gasteiger partial charge in [0.2, 0.25) is 0 Å². The number of hydrogen-bond acceptors (Lipinski definition) is 6. The van der Waals surface area contributed by atoms with E-state index in [0.717, 1.165) is 64.2 Å². The fraction of sp³-hybridized carbons (Fsp3) is 0.905. The molecule has 0 saturated heterocycles. The van der Waals surface area contributed by atoms with E-state index in [2.05, 4.69) is 45.1 Å². The van der Waals surface area contributed by atoms with E-state index in [1.807, 2.05) is 0 Å². The Labute approximate surface area is 500 Å². The summed E-state index contributed by atoms with van der Waals surface area (Å²) in [5.74, 6) is -0.834. The van der Waals surface area contributed by atoms with E-state index in [4.69, 9.17) is 14.2 Å². The lowest BCUT2D eigenvalue weighted by molar-refractivity contribution is -0.167. The summed E-state index contributed by atoms with van der Waals surface area (Å²) in [6, 6.07) is 0. The molecule has 0 amide bonds. The van der Waals surface area contributed by atoms with E-state index in [1.165, 1.54) is 308 Å². The molecule has 0 aliphatic heterocycles. The molecule has 0 heterocycles. The van der Waals surface area contributed by atoms with Crippen LogP contribution >= 0.6 is 0 Å². The minimum atomic E-state index is -0.771. The van der Waals surface area contributed by atoms with Crippen molar-refractivity contribution in [3.63, 3.8) is 0 Å². The predicted molar refractivity (Wildman–Crippen MR) is 349 cm³/mol. The zero-order chi connectivity index (χ0) is 57.8. The van der Waals surface area contributed by atoms with Crippen LogP contribution in [0.25, 0.3) is 0 Å². The Balaban J connectivity index is 4.28. The molecule has 0 N–H and O–H groups in total. The Hall–Kier alpha value is -2.11. The molecule has 0 aromatic rings. The summed E-state index contributed by atoms with van der Waals surface area (Å²) in [6.45, 7) is 6.72. The van der Waals surface area contributed by atoms with Gasteiger partial charge in [-0.2, -0.15) is 0 Å². The number of unbranched alkanes of at least 4 members (excludes halogenated alkanes) is 53. The number of ether oxygens (including phenoxy) is 3. The first kappa shape index (κ1) is 77.9. The quantitative estimate of drug-likeness (QED) is 0.0261. The standard InChI is InChI=1S/C74H140O6/c1-4-7-10-13-16-19-22-25-28-31-33-35-36-37-39-40-43-46-49-52-55-58-61-64-67-73(76)79-70-71(69-78-72(75)66-63-60-57-54-51-48-45-42-30-27-24-21-18-15-12-9-6-3)80-74(77)68-65-62-59-56-53-50-47-44-41-38-34-32-29-26-23-20-17-14-11-8-5-2/h23,26,32,34,71H,4-22,24-25,27-31,33,35-70H2,1-3H3/b26-23-,34-32-. The molecule has 0 aliphatic rings. The molecule has 6 nitrogen and oxygen atoms in total. The summed E-state index contributed by atoms with van der Waals surface area (Å²) in [7, 11) is 0. The Morgan fingerprint density at radius 2 is 0.450 bits per heavy atom. The van der Waals surface area contributed by atoms with Crippen molar-refractivity contribution in [3.05, 3.63) is 24.3 Å². The maximum absolute atomic E-state index is 13.0. The topological polar surface area (TPSA) is 78.9 Å². The van der Waals surface area contributed by atoms with Gasteiger partial charge in [0.05, 0.1) is 0 Å². The van der Waals surface area contributed by atoms with Crippen molar-refractivity contribution in [2.24, 2.45) is 0 Å². The summed E-state index contributed by atoms with van der Waals surface area (Å²) in [5, 5.41) is 0. The second-order valence-corrected chi connectivity index (χ2v) is 24.9. The van der Waals surface area contributed by atoms with E-state index in [-0.39, 0.29) is 31.1 Å². The van der Waals surface area contributed by atoms with Gasteiger partial charge in [0.25, 0.3) is 0 Å². The van der Waals surface area contributed by atoms with Gasteiger partial charge in [-0.15, -0.1) is 0 Å². The lowest BCUT2D eigenvalue weighted by Crippen LogP contribution is -2.30. The van der Waals surface area contributed by atoms with Gasteiger partial charge in [-0.25, -0.2) is 0 Å². The van der Waals surface area contributed by atoms with E-state index >= 15 is 0 Å². The molecule has 1 atom stereocenters. The van der Waals surface area contributed by atoms with Gasteiger partial charge < -0.3 is 14.2 Å². The van der Waals surface area contributed by atoms with Crippen LogP contribution in [0.1, 0.15) is 412 Å². The van der Waals surface area contributed by atoms with E-state index in [1.54, 1.807) is 0 Å². The number of hydrogen-bond donors (Lipinski definition) is 0. The van der Waals surface area contributed by atoms with Gasteiger partial charge in [0.15, 0.2) is 6.10 Å². The molecule has 0 spiro atoms. The minimum absolute atomic E-state index is 0.0662. The molecule has 0 radical (unpaired) electrons. The highest BCUT2D eigenvalue weighted by Gasteiger charge is 2.19. The highest BCUT2D eigenvalue weighted by molar-refractivity contribution is 5.71. The second-order valence-electron chi connectivity index (χ2n) is 24.9. The zero-order valence-electron chi connectivity index (χ0n) is 54.4. The van der Waals surface area contributed by atoms with Gasteiger partial charge in [-0.05, 0) is 51.4 Å². The van der Waals surface area contributed by atoms with Crippen LogP contribution in [0.15, 0.2) is 24.3 Å². The van der Waals surface area contributed by atoms with Crippen LogP contribution in [-0.2, 0) is 28.6 Å². The first-order chi connectivity index (χ1) is 39.5. The predicted octanol–water partition coefficient (Wildman–Crippen LogP) is 25.0. The summed E-state index contributed by atoms with van der Waals surface area (Å²) in [6.07, 6.45) is 84.9. The first-order valence-corrected chi connectivity index (χ1v) is 36.3. The van der Waals surface area contributed by atoms with Gasteiger partial charge >= 0.3 is 17.9 Å². The molecule has 0 aromatic heterocycles. The van der Waals surface area contributed by atoms with Crippen molar-refractivity contribution >= 4 is 17.9 Å². The number of allylic oxidation sites excluding steroid dienone is 4. The molecule has 0 aromatic carbocycles. The van der Waals surface area contributed by atoms with Crippen molar-refractivity contribution in [3.8, 4) is 0 Å². The molecule has 80 heavy (non-hydrogen) atoms. The normalized spacial score (nSPS) is 12.1. The average molecular weight is 1130 g/mol. The van der Waals surface area contributed by atoms with Gasteiger partial charge in [0.1, 0.15) is 13.2 Å². The molecule has 1 unspecified atom stereocenters. The molecular weight excluding hydrogens is 985 g/mol. The van der Waals surface area contributed by atoms with Crippen molar-refractivity contribution in [1.82, 2.24) is 0 Å². The monoisotopic (exact) mass is 1130 g/mol. The van der Waals surface area contributed by atoms with Crippen LogP contribution in [0, 0.1) is 0 Å². The van der Waals surface area contributed by atoms with Crippen LogP contribution in [0.5, 0.6) is 0 Å². The number of rotatable bonds is 68. The molecule has 0 rings (SSSR count). The first-order valence-electron chi connectivity index (χ1n) is 36.3. The second kappa shape index (κ2) is 69.4. The summed E-state index contributed by atoms with van der Waals surface area (Å²) >= 11 is 0. The minimum Gasteiger partial charge on any atom is -0.462 e. The summed E-state index contributed by atoms with van der Waals surface area (Å²) in [4.78, 5) is 38.5. The van der Waals surface area contributed by atoms with Crippen LogP contribution in [-0.4, -0.2) is 37.2 Å². The van der Waals surface area contributed by atoms with Crippen molar-refractivity contribution in [1.29, 1.82) is 0 Å². The summed E-state index contributed by atoms with van der Waals surface area (Å²) in [5.41, 5.74) is 0. The summed E-state index contributed by atoms with van der Waals surface area (Å²) < 4.78 is 17.0. The van der Waals surface area contributed by atoms with Gasteiger partial charge in [-0.1, -0.05) is 366 Å². The van der Waals surface area contributed by atoms with Crippen LogP contribution < -0.4 is 0 Å². The molecule has 0 aliphatic carbocycles. The third kappa shape index (κ3) is 66.7. The van der Waals surface area contributed by atoms with Crippen molar-refractivity contribution < 1.29 is 28.6 Å². The third-order valence-corrected chi connectivity index (χ3v) is 16.7. The largest absolute Gasteiger partial charge is 0.462 e. The lowest BCUT2D eigenvalue weighted by Gasteiger charge is -2.18. The number of esters is 3. The van der Waals surface area contributed by atoms with Crippen LogP contribution in [0.3, 0.4) is 0 Å². The van der Waals surface area contributed by atoms with Gasteiger partial charge in [-0.3, -0.25) is 14.4 Å². The Bertz CT molecular complexity index is 1290. The Morgan fingerprint density at radius 3 is 0.688 bits per heavy atom. The maximum Gasteiger partial charge on any atom is 0.306 e. The van der Waals surface area contributed by atoms with Crippen LogP contribution in [0.2, 0.25) is 0 Å². The van der Waals surface area contributed by atoms with Gasteiger partial charge in [0, 0.05) is 19.3 Å². The Morgan fingerprint density at radius 1 is 0.250 bits per heavy atom.